The molecule has 0 unspecified atom stereocenters. The zero-order valence-corrected chi connectivity index (χ0v) is 8.53. The summed E-state index contributed by atoms with van der Waals surface area (Å²) < 4.78 is 5.44. The third-order valence-corrected chi connectivity index (χ3v) is 1.81. The molecular weight excluding hydrogens is 176 g/mol. The number of ether oxygens (including phenoxy) is 1. The van der Waals surface area contributed by atoms with E-state index < -0.39 is 0 Å². The predicted molar refractivity (Wildman–Crippen MR) is 53.9 cm³/mol. The van der Waals surface area contributed by atoms with Gasteiger partial charge < -0.3 is 4.74 Å². The van der Waals surface area contributed by atoms with Gasteiger partial charge in [0.2, 0.25) is 0 Å². The SMILES string of the molecule is CC(C)CCOc1ccc(C#N)nc1. The summed E-state index contributed by atoms with van der Waals surface area (Å²) in [6.07, 6.45) is 2.61. The molecule has 1 aromatic heterocycles. The lowest BCUT2D eigenvalue weighted by molar-refractivity contribution is 0.288. The van der Waals surface area contributed by atoms with E-state index in [2.05, 4.69) is 18.8 Å². The summed E-state index contributed by atoms with van der Waals surface area (Å²) in [7, 11) is 0. The third-order valence-electron chi connectivity index (χ3n) is 1.81. The van der Waals surface area contributed by atoms with Crippen LogP contribution in [0.15, 0.2) is 18.3 Å². The average molecular weight is 190 g/mol. The first-order valence-corrected chi connectivity index (χ1v) is 4.71. The number of hydrogen-bond acceptors (Lipinski definition) is 3. The van der Waals surface area contributed by atoms with Gasteiger partial charge in [0.1, 0.15) is 17.5 Å². The van der Waals surface area contributed by atoms with Crippen LogP contribution >= 0.6 is 0 Å². The predicted octanol–water partition coefficient (Wildman–Crippen LogP) is 2.38. The number of hydrogen-bond donors (Lipinski definition) is 0. The number of nitrogens with zero attached hydrogens (tertiary/aromatic N) is 2. The van der Waals surface area contributed by atoms with Crippen LogP contribution in [0, 0.1) is 17.2 Å². The quantitative estimate of drug-likeness (QED) is 0.732. The number of nitriles is 1. The summed E-state index contributed by atoms with van der Waals surface area (Å²) in [5, 5.41) is 8.52. The molecule has 0 fully saturated rings. The van der Waals surface area contributed by atoms with Gasteiger partial charge in [-0.25, -0.2) is 4.98 Å². The molecule has 0 aliphatic carbocycles. The van der Waals surface area contributed by atoms with Gasteiger partial charge >= 0.3 is 0 Å². The van der Waals surface area contributed by atoms with Gasteiger partial charge in [-0.2, -0.15) is 5.26 Å². The maximum Gasteiger partial charge on any atom is 0.140 e. The summed E-state index contributed by atoms with van der Waals surface area (Å²) in [6, 6.07) is 5.39. The minimum absolute atomic E-state index is 0.418. The highest BCUT2D eigenvalue weighted by molar-refractivity contribution is 5.26. The van der Waals surface area contributed by atoms with Crippen molar-refractivity contribution in [3.63, 3.8) is 0 Å². The second kappa shape index (κ2) is 5.23. The van der Waals surface area contributed by atoms with Crippen molar-refractivity contribution in [1.29, 1.82) is 5.26 Å². The molecule has 0 amide bonds. The lowest BCUT2D eigenvalue weighted by atomic mass is 10.1. The molecule has 0 bridgehead atoms. The van der Waals surface area contributed by atoms with Crippen molar-refractivity contribution in [3.05, 3.63) is 24.0 Å². The van der Waals surface area contributed by atoms with Gasteiger partial charge in [0.05, 0.1) is 12.8 Å². The lowest BCUT2D eigenvalue weighted by Gasteiger charge is -2.07. The smallest absolute Gasteiger partial charge is 0.140 e. The average Bonchev–Trinajstić information content (AvgIpc) is 2.18. The summed E-state index contributed by atoms with van der Waals surface area (Å²) >= 11 is 0. The van der Waals surface area contributed by atoms with Crippen LogP contribution in [0.5, 0.6) is 5.75 Å². The van der Waals surface area contributed by atoms with E-state index in [-0.39, 0.29) is 0 Å². The van der Waals surface area contributed by atoms with Crippen LogP contribution in [0.1, 0.15) is 26.0 Å². The van der Waals surface area contributed by atoms with Crippen molar-refractivity contribution in [2.45, 2.75) is 20.3 Å². The van der Waals surface area contributed by atoms with E-state index in [1.807, 2.05) is 6.07 Å². The van der Waals surface area contributed by atoms with Crippen LogP contribution < -0.4 is 4.74 Å². The first kappa shape index (κ1) is 10.5. The van der Waals surface area contributed by atoms with Gasteiger partial charge in [0.15, 0.2) is 0 Å². The minimum atomic E-state index is 0.418. The minimum Gasteiger partial charge on any atom is -0.492 e. The highest BCUT2D eigenvalue weighted by atomic mass is 16.5. The van der Waals surface area contributed by atoms with Crippen LogP contribution in [-0.4, -0.2) is 11.6 Å². The molecular formula is C11H14N2O. The molecule has 0 atom stereocenters. The van der Waals surface area contributed by atoms with Crippen molar-refractivity contribution in [2.24, 2.45) is 5.92 Å². The van der Waals surface area contributed by atoms with Crippen molar-refractivity contribution in [3.8, 4) is 11.8 Å². The van der Waals surface area contributed by atoms with Crippen LogP contribution in [0.3, 0.4) is 0 Å². The number of aromatic nitrogens is 1. The summed E-state index contributed by atoms with van der Waals surface area (Å²) in [4.78, 5) is 3.91. The van der Waals surface area contributed by atoms with Gasteiger partial charge in [-0.1, -0.05) is 13.8 Å². The largest absolute Gasteiger partial charge is 0.492 e. The third kappa shape index (κ3) is 3.44. The molecule has 3 nitrogen and oxygen atoms in total. The van der Waals surface area contributed by atoms with E-state index in [0.717, 1.165) is 12.2 Å². The lowest BCUT2D eigenvalue weighted by Crippen LogP contribution is -2.01. The maximum absolute atomic E-state index is 8.52. The van der Waals surface area contributed by atoms with E-state index in [0.29, 0.717) is 18.2 Å². The van der Waals surface area contributed by atoms with Gasteiger partial charge in [0, 0.05) is 0 Å². The fourth-order valence-corrected chi connectivity index (χ4v) is 0.944. The summed E-state index contributed by atoms with van der Waals surface area (Å²) in [5.41, 5.74) is 0.418. The topological polar surface area (TPSA) is 45.9 Å². The molecule has 1 aromatic rings. The second-order valence-electron chi connectivity index (χ2n) is 3.52. The van der Waals surface area contributed by atoms with Gasteiger partial charge in [-0.3, -0.25) is 0 Å². The molecule has 0 aliphatic heterocycles. The van der Waals surface area contributed by atoms with E-state index >= 15 is 0 Å². The molecule has 3 heteroatoms. The van der Waals surface area contributed by atoms with E-state index in [4.69, 9.17) is 10.00 Å². The highest BCUT2D eigenvalue weighted by Gasteiger charge is 1.97. The molecule has 14 heavy (non-hydrogen) atoms. The molecule has 0 radical (unpaired) electrons. The Morgan fingerprint density at radius 2 is 2.29 bits per heavy atom. The molecule has 0 N–H and O–H groups in total. The first-order chi connectivity index (χ1) is 6.72. The molecule has 0 aliphatic rings. The van der Waals surface area contributed by atoms with Crippen LogP contribution in [0.2, 0.25) is 0 Å². The van der Waals surface area contributed by atoms with Crippen LogP contribution in [0.25, 0.3) is 0 Å². The fraction of sp³-hybridized carbons (Fsp3) is 0.455. The Morgan fingerprint density at radius 1 is 1.50 bits per heavy atom. The molecule has 0 saturated heterocycles. The maximum atomic E-state index is 8.52. The van der Waals surface area contributed by atoms with Crippen molar-refractivity contribution in [1.82, 2.24) is 4.98 Å². The normalized spacial score (nSPS) is 9.86. The molecule has 1 heterocycles. The molecule has 0 saturated carbocycles. The Kier molecular flexibility index (Phi) is 3.93. The van der Waals surface area contributed by atoms with E-state index in [1.54, 1.807) is 18.3 Å². The first-order valence-electron chi connectivity index (χ1n) is 4.71. The van der Waals surface area contributed by atoms with Crippen LogP contribution in [-0.2, 0) is 0 Å². The van der Waals surface area contributed by atoms with Gasteiger partial charge in [-0.05, 0) is 24.5 Å². The Bertz CT molecular complexity index is 311. The monoisotopic (exact) mass is 190 g/mol. The highest BCUT2D eigenvalue weighted by Crippen LogP contribution is 2.10. The summed E-state index contributed by atoms with van der Waals surface area (Å²) in [5.74, 6) is 1.37. The Balaban J connectivity index is 2.41. The van der Waals surface area contributed by atoms with Crippen molar-refractivity contribution >= 4 is 0 Å². The summed E-state index contributed by atoms with van der Waals surface area (Å²) in [6.45, 7) is 5.01. The van der Waals surface area contributed by atoms with E-state index in [9.17, 15) is 0 Å². The molecule has 74 valence electrons. The molecule has 0 spiro atoms. The number of pyridine rings is 1. The number of rotatable bonds is 4. The molecule has 1 rings (SSSR count). The van der Waals surface area contributed by atoms with Crippen molar-refractivity contribution in [2.75, 3.05) is 6.61 Å². The van der Waals surface area contributed by atoms with Crippen LogP contribution in [0.4, 0.5) is 0 Å². The second-order valence-corrected chi connectivity index (χ2v) is 3.52. The Morgan fingerprint density at radius 3 is 2.79 bits per heavy atom. The zero-order valence-electron chi connectivity index (χ0n) is 8.53. The standard InChI is InChI=1S/C11H14N2O/c1-9(2)5-6-14-11-4-3-10(7-12)13-8-11/h3-4,8-9H,5-6H2,1-2H3. The molecule has 0 aromatic carbocycles. The Hall–Kier alpha value is -1.56. The fourth-order valence-electron chi connectivity index (χ4n) is 0.944. The van der Waals surface area contributed by atoms with E-state index in [1.165, 1.54) is 0 Å². The van der Waals surface area contributed by atoms with Crippen molar-refractivity contribution < 1.29 is 4.74 Å². The van der Waals surface area contributed by atoms with Gasteiger partial charge in [-0.15, -0.1) is 0 Å². The van der Waals surface area contributed by atoms with Gasteiger partial charge in [0.25, 0.3) is 0 Å². The zero-order chi connectivity index (χ0) is 10.4. The Labute approximate surface area is 84.3 Å².